The number of fused-ring (bicyclic) bond motifs is 1. The van der Waals surface area contributed by atoms with Gasteiger partial charge in [-0.2, -0.15) is 0 Å². The van der Waals surface area contributed by atoms with Crippen molar-refractivity contribution in [1.29, 1.82) is 0 Å². The lowest BCUT2D eigenvalue weighted by molar-refractivity contribution is 0.249. The van der Waals surface area contributed by atoms with E-state index in [0.29, 0.717) is 5.39 Å². The minimum atomic E-state index is -0.887. The van der Waals surface area contributed by atoms with Gasteiger partial charge in [-0.3, -0.25) is 0 Å². The van der Waals surface area contributed by atoms with E-state index in [2.05, 4.69) is 24.8 Å². The summed E-state index contributed by atoms with van der Waals surface area (Å²) in [5, 5.41) is 0.772. The monoisotopic (exact) mass is 496 g/mol. The Balaban J connectivity index is 1.38. The zero-order valence-electron chi connectivity index (χ0n) is 20.3. The second-order valence-electron chi connectivity index (χ2n) is 9.91. The van der Waals surface area contributed by atoms with Crippen molar-refractivity contribution in [2.75, 3.05) is 0 Å². The van der Waals surface area contributed by atoms with E-state index in [0.717, 1.165) is 35.8 Å². The fourth-order valence-electron chi connectivity index (χ4n) is 5.22. The average Bonchev–Trinajstić information content (AvgIpc) is 2.86. The lowest BCUT2D eigenvalue weighted by Gasteiger charge is -2.28. The molecule has 0 nitrogen and oxygen atoms in total. The van der Waals surface area contributed by atoms with Crippen molar-refractivity contribution >= 4 is 22.4 Å². The van der Waals surface area contributed by atoms with E-state index in [1.165, 1.54) is 63.4 Å². The second-order valence-corrected chi connectivity index (χ2v) is 10.3. The molecule has 0 atom stereocenters. The molecule has 0 spiro atoms. The molecule has 3 aromatic carbocycles. The molecule has 4 rings (SSSR count). The zero-order chi connectivity index (χ0) is 24.8. The van der Waals surface area contributed by atoms with E-state index in [9.17, 15) is 8.78 Å². The van der Waals surface area contributed by atoms with Crippen LogP contribution in [0.3, 0.4) is 0 Å². The van der Waals surface area contributed by atoms with Gasteiger partial charge in [0.2, 0.25) is 0 Å². The number of unbranched alkanes of at least 4 members (excludes halogenated alkanes) is 2. The molecule has 35 heavy (non-hydrogen) atoms. The molecular formula is C31H32ClF3. The molecule has 184 valence electrons. The first-order chi connectivity index (χ1) is 16.9. The standard InChI is InChI=1S/C31H32ClF3/c1-2-3-4-5-21-6-8-22(9-7-21)10-11-23-13-17-27-26(18-23)16-15-25(31(27)35)14-12-24-19-28(33)30(32)29(34)20-24/h13,15-22H,2-11H2,1H3. The van der Waals surface area contributed by atoms with Crippen LogP contribution in [0.15, 0.2) is 42.5 Å². The molecule has 1 fully saturated rings. The predicted octanol–water partition coefficient (Wildman–Crippen LogP) is 9.63. The third-order valence-corrected chi connectivity index (χ3v) is 7.73. The van der Waals surface area contributed by atoms with E-state index in [4.69, 9.17) is 11.6 Å². The summed E-state index contributed by atoms with van der Waals surface area (Å²) in [4.78, 5) is 0. The Labute approximate surface area is 211 Å². The number of benzene rings is 3. The second kappa shape index (κ2) is 12.0. The first-order valence-corrected chi connectivity index (χ1v) is 13.2. The summed E-state index contributed by atoms with van der Waals surface area (Å²) in [7, 11) is 0. The smallest absolute Gasteiger partial charge is 0.146 e. The summed E-state index contributed by atoms with van der Waals surface area (Å²) in [6.07, 6.45) is 13.1. The highest BCUT2D eigenvalue weighted by atomic mass is 35.5. The largest absolute Gasteiger partial charge is 0.205 e. The van der Waals surface area contributed by atoms with Crippen LogP contribution in [0.25, 0.3) is 10.8 Å². The average molecular weight is 497 g/mol. The molecule has 3 aromatic rings. The van der Waals surface area contributed by atoms with Gasteiger partial charge in [-0.05, 0) is 53.8 Å². The van der Waals surface area contributed by atoms with Gasteiger partial charge in [0.05, 0.1) is 5.56 Å². The van der Waals surface area contributed by atoms with Crippen LogP contribution >= 0.6 is 11.6 Å². The minimum absolute atomic E-state index is 0.106. The normalized spacial score (nSPS) is 17.9. The van der Waals surface area contributed by atoms with Crippen molar-refractivity contribution < 1.29 is 13.2 Å². The maximum absolute atomic E-state index is 15.1. The minimum Gasteiger partial charge on any atom is -0.205 e. The van der Waals surface area contributed by atoms with E-state index in [1.807, 2.05) is 18.2 Å². The van der Waals surface area contributed by atoms with Gasteiger partial charge >= 0.3 is 0 Å². The lowest BCUT2D eigenvalue weighted by Crippen LogP contribution is -2.15. The fourth-order valence-corrected chi connectivity index (χ4v) is 5.33. The molecule has 0 aliphatic heterocycles. The van der Waals surface area contributed by atoms with Crippen LogP contribution in [0.2, 0.25) is 5.02 Å². The Morgan fingerprint density at radius 3 is 2.20 bits per heavy atom. The van der Waals surface area contributed by atoms with Crippen molar-refractivity contribution in [1.82, 2.24) is 0 Å². The van der Waals surface area contributed by atoms with Crippen molar-refractivity contribution in [3.63, 3.8) is 0 Å². The molecular weight excluding hydrogens is 465 g/mol. The van der Waals surface area contributed by atoms with Gasteiger partial charge in [0.1, 0.15) is 22.5 Å². The Morgan fingerprint density at radius 1 is 0.829 bits per heavy atom. The van der Waals surface area contributed by atoms with Crippen molar-refractivity contribution in [2.24, 2.45) is 11.8 Å². The van der Waals surface area contributed by atoms with Crippen LogP contribution in [-0.2, 0) is 6.42 Å². The Morgan fingerprint density at radius 2 is 1.51 bits per heavy atom. The highest BCUT2D eigenvalue weighted by molar-refractivity contribution is 6.30. The number of hydrogen-bond donors (Lipinski definition) is 0. The van der Waals surface area contributed by atoms with Crippen LogP contribution in [0.1, 0.15) is 81.4 Å². The molecule has 1 saturated carbocycles. The van der Waals surface area contributed by atoms with Gasteiger partial charge in [0.15, 0.2) is 0 Å². The zero-order valence-corrected chi connectivity index (χ0v) is 21.0. The van der Waals surface area contributed by atoms with Crippen molar-refractivity contribution in [3.05, 3.63) is 81.6 Å². The molecule has 1 aliphatic carbocycles. The molecule has 1 aliphatic rings. The summed E-state index contributed by atoms with van der Waals surface area (Å²) in [6.45, 7) is 2.26. The first-order valence-electron chi connectivity index (χ1n) is 12.8. The molecule has 0 N–H and O–H groups in total. The maximum Gasteiger partial charge on any atom is 0.146 e. The predicted molar refractivity (Wildman–Crippen MR) is 139 cm³/mol. The topological polar surface area (TPSA) is 0 Å². The van der Waals surface area contributed by atoms with Gasteiger partial charge < -0.3 is 0 Å². The van der Waals surface area contributed by atoms with Crippen LogP contribution in [0.5, 0.6) is 0 Å². The molecule has 0 amide bonds. The van der Waals surface area contributed by atoms with Crippen LogP contribution in [0.4, 0.5) is 13.2 Å². The summed E-state index contributed by atoms with van der Waals surface area (Å²) < 4.78 is 42.3. The SMILES string of the molecule is CCCCCC1CCC(CCc2ccc3c(F)c(C#Cc4cc(F)c(Cl)c(F)c4)ccc3c2)CC1. The van der Waals surface area contributed by atoms with Crippen molar-refractivity contribution in [2.45, 2.75) is 71.1 Å². The molecule has 0 heterocycles. The highest BCUT2D eigenvalue weighted by Crippen LogP contribution is 2.34. The quantitative estimate of drug-likeness (QED) is 0.173. The van der Waals surface area contributed by atoms with Crippen LogP contribution in [-0.4, -0.2) is 0 Å². The van der Waals surface area contributed by atoms with E-state index in [-0.39, 0.29) is 11.1 Å². The Bertz CT molecular complexity index is 1210. The van der Waals surface area contributed by atoms with E-state index in [1.54, 1.807) is 6.07 Å². The number of hydrogen-bond acceptors (Lipinski definition) is 0. The summed E-state index contributed by atoms with van der Waals surface area (Å²) >= 11 is 5.51. The molecule has 0 unspecified atom stereocenters. The maximum atomic E-state index is 15.1. The molecule has 0 aromatic heterocycles. The molecule has 0 bridgehead atoms. The molecule has 0 saturated heterocycles. The third-order valence-electron chi connectivity index (χ3n) is 7.37. The summed E-state index contributed by atoms with van der Waals surface area (Å²) in [5.74, 6) is 4.86. The van der Waals surface area contributed by atoms with Gasteiger partial charge in [0, 0.05) is 10.9 Å². The van der Waals surface area contributed by atoms with E-state index < -0.39 is 22.5 Å². The lowest BCUT2D eigenvalue weighted by atomic mass is 9.77. The number of halogens is 4. The fraction of sp³-hybridized carbons (Fsp3) is 0.419. The van der Waals surface area contributed by atoms with Gasteiger partial charge in [-0.25, -0.2) is 13.2 Å². The highest BCUT2D eigenvalue weighted by Gasteiger charge is 2.20. The van der Waals surface area contributed by atoms with Crippen LogP contribution in [0, 0.1) is 41.1 Å². The molecule has 4 heteroatoms. The summed E-state index contributed by atoms with van der Waals surface area (Å²) in [6, 6.07) is 11.5. The first kappa shape index (κ1) is 25.6. The van der Waals surface area contributed by atoms with Gasteiger partial charge in [-0.15, -0.1) is 0 Å². The van der Waals surface area contributed by atoms with Crippen molar-refractivity contribution in [3.8, 4) is 11.8 Å². The van der Waals surface area contributed by atoms with Crippen LogP contribution < -0.4 is 0 Å². The van der Waals surface area contributed by atoms with E-state index >= 15 is 4.39 Å². The number of rotatable bonds is 7. The summed E-state index contributed by atoms with van der Waals surface area (Å²) in [5.41, 5.74) is 1.53. The Hall–Kier alpha value is -2.44. The number of aryl methyl sites for hydroxylation is 1. The molecule has 0 radical (unpaired) electrons. The Kier molecular flexibility index (Phi) is 8.79. The third kappa shape index (κ3) is 6.62. The van der Waals surface area contributed by atoms with Gasteiger partial charge in [0.25, 0.3) is 0 Å². The van der Waals surface area contributed by atoms with Gasteiger partial charge in [-0.1, -0.05) is 106 Å².